The van der Waals surface area contributed by atoms with Crippen molar-refractivity contribution in [3.8, 4) is 0 Å². The molecule has 124 valence electrons. The molecule has 0 spiro atoms. The van der Waals surface area contributed by atoms with Crippen LogP contribution in [0.1, 0.15) is 16.7 Å². The Morgan fingerprint density at radius 2 is 2.43 bits per heavy atom. The normalized spacial score (nSPS) is 19.0. The third kappa shape index (κ3) is 4.15. The number of amides is 1. The molecule has 3 heterocycles. The van der Waals surface area contributed by atoms with E-state index in [4.69, 9.17) is 4.74 Å². The van der Waals surface area contributed by atoms with Crippen LogP contribution in [0.15, 0.2) is 24.0 Å². The van der Waals surface area contributed by atoms with Gasteiger partial charge in [-0.3, -0.25) is 14.4 Å². The number of hydrogen-bond donors (Lipinski definition) is 0. The molecule has 0 saturated carbocycles. The Kier molecular flexibility index (Phi) is 5.04. The Labute approximate surface area is 139 Å². The number of nitrogens with zero attached hydrogens (tertiary/aromatic N) is 5. The Morgan fingerprint density at radius 1 is 1.57 bits per heavy atom. The van der Waals surface area contributed by atoms with E-state index >= 15 is 0 Å². The zero-order chi connectivity index (χ0) is 16.2. The lowest BCUT2D eigenvalue weighted by Crippen LogP contribution is -2.44. The molecule has 7 nitrogen and oxygen atoms in total. The zero-order valence-electron chi connectivity index (χ0n) is 13.4. The maximum absolute atomic E-state index is 12.4. The monoisotopic (exact) mass is 335 g/mol. The van der Waals surface area contributed by atoms with Crippen molar-refractivity contribution in [2.75, 3.05) is 33.3 Å². The van der Waals surface area contributed by atoms with Crippen molar-refractivity contribution in [2.45, 2.75) is 12.6 Å². The highest BCUT2D eigenvalue weighted by molar-refractivity contribution is 7.09. The summed E-state index contributed by atoms with van der Waals surface area (Å²) in [6.45, 7) is 3.09. The molecule has 23 heavy (non-hydrogen) atoms. The summed E-state index contributed by atoms with van der Waals surface area (Å²) in [5, 5.41) is 7.06. The number of carbonyl (C=O) groups is 1. The lowest BCUT2D eigenvalue weighted by atomic mass is 10.2. The molecule has 0 bridgehead atoms. The topological polar surface area (TPSA) is 63.5 Å². The Balaban J connectivity index is 1.52. The minimum atomic E-state index is -0.0276. The molecule has 0 N–H and O–H groups in total. The van der Waals surface area contributed by atoms with Gasteiger partial charge in [-0.2, -0.15) is 5.10 Å². The Bertz CT molecular complexity index is 642. The standard InChI is InChI=1S/C15H21N5O2S/c1-18(8-12-7-17-19(2)9-12)14(21)11-20-4-5-22-13(10-20)15-16-3-6-23-15/h3,6-7,9,13H,4-5,8,10-11H2,1-2H3. The minimum Gasteiger partial charge on any atom is -0.368 e. The van der Waals surface area contributed by atoms with E-state index in [0.29, 0.717) is 26.2 Å². The highest BCUT2D eigenvalue weighted by atomic mass is 32.1. The number of thiazole rings is 1. The largest absolute Gasteiger partial charge is 0.368 e. The van der Waals surface area contributed by atoms with Gasteiger partial charge in [-0.15, -0.1) is 11.3 Å². The number of aryl methyl sites for hydroxylation is 1. The van der Waals surface area contributed by atoms with Crippen LogP contribution in [0.3, 0.4) is 0 Å². The molecule has 2 aromatic rings. The van der Waals surface area contributed by atoms with Crippen LogP contribution >= 0.6 is 11.3 Å². The van der Waals surface area contributed by atoms with Crippen LogP contribution in [0.4, 0.5) is 0 Å². The summed E-state index contributed by atoms with van der Waals surface area (Å²) in [6, 6.07) is 0. The van der Waals surface area contributed by atoms with E-state index in [1.54, 1.807) is 33.3 Å². The zero-order valence-corrected chi connectivity index (χ0v) is 14.2. The van der Waals surface area contributed by atoms with E-state index in [1.165, 1.54) is 0 Å². The Morgan fingerprint density at radius 3 is 3.13 bits per heavy atom. The molecule has 1 unspecified atom stereocenters. The lowest BCUT2D eigenvalue weighted by Gasteiger charge is -2.32. The fourth-order valence-corrected chi connectivity index (χ4v) is 3.29. The number of aromatic nitrogens is 3. The molecule has 1 atom stereocenters. The van der Waals surface area contributed by atoms with E-state index in [-0.39, 0.29) is 12.0 Å². The molecule has 8 heteroatoms. The lowest BCUT2D eigenvalue weighted by molar-refractivity contribution is -0.133. The van der Waals surface area contributed by atoms with Gasteiger partial charge in [0, 0.05) is 57.1 Å². The van der Waals surface area contributed by atoms with Gasteiger partial charge in [0.25, 0.3) is 0 Å². The first-order valence-electron chi connectivity index (χ1n) is 7.56. The first-order valence-corrected chi connectivity index (χ1v) is 8.44. The quantitative estimate of drug-likeness (QED) is 0.813. The van der Waals surface area contributed by atoms with Crippen LogP contribution in [0, 0.1) is 0 Å². The van der Waals surface area contributed by atoms with Gasteiger partial charge >= 0.3 is 0 Å². The molecule has 0 aromatic carbocycles. The van der Waals surface area contributed by atoms with Gasteiger partial charge in [0.15, 0.2) is 0 Å². The van der Waals surface area contributed by atoms with Crippen LogP contribution < -0.4 is 0 Å². The summed E-state index contributed by atoms with van der Waals surface area (Å²) >= 11 is 1.59. The van der Waals surface area contributed by atoms with Crippen molar-refractivity contribution in [3.63, 3.8) is 0 Å². The van der Waals surface area contributed by atoms with Crippen LogP contribution in [-0.4, -0.2) is 63.8 Å². The van der Waals surface area contributed by atoms with E-state index in [2.05, 4.69) is 15.0 Å². The van der Waals surface area contributed by atoms with Gasteiger partial charge in [0.2, 0.25) is 5.91 Å². The van der Waals surface area contributed by atoms with Crippen molar-refractivity contribution in [1.29, 1.82) is 0 Å². The molecule has 1 aliphatic heterocycles. The second-order valence-corrected chi connectivity index (χ2v) is 6.66. The average molecular weight is 335 g/mol. The molecular weight excluding hydrogens is 314 g/mol. The minimum absolute atomic E-state index is 0.0276. The van der Waals surface area contributed by atoms with Crippen molar-refractivity contribution >= 4 is 17.2 Å². The molecule has 1 fully saturated rings. The van der Waals surface area contributed by atoms with E-state index in [0.717, 1.165) is 17.1 Å². The highest BCUT2D eigenvalue weighted by Gasteiger charge is 2.25. The summed E-state index contributed by atoms with van der Waals surface area (Å²) in [5.74, 6) is 0.105. The van der Waals surface area contributed by atoms with E-state index < -0.39 is 0 Å². The molecule has 1 saturated heterocycles. The third-order valence-electron chi connectivity index (χ3n) is 3.84. The molecular formula is C15H21N5O2S. The van der Waals surface area contributed by atoms with Gasteiger partial charge in [0.1, 0.15) is 11.1 Å². The summed E-state index contributed by atoms with van der Waals surface area (Å²) in [6.07, 6.45) is 5.48. The first kappa shape index (κ1) is 16.1. The number of ether oxygens (including phenoxy) is 1. The summed E-state index contributed by atoms with van der Waals surface area (Å²) in [5.41, 5.74) is 1.03. The third-order valence-corrected chi connectivity index (χ3v) is 4.71. The van der Waals surface area contributed by atoms with Crippen LogP contribution in [0.25, 0.3) is 0 Å². The second kappa shape index (κ2) is 7.20. The predicted octanol–water partition coefficient (Wildman–Crippen LogP) is 0.909. The first-order chi connectivity index (χ1) is 11.1. The molecule has 2 aromatic heterocycles. The molecule has 3 rings (SSSR count). The smallest absolute Gasteiger partial charge is 0.236 e. The van der Waals surface area contributed by atoms with Crippen LogP contribution in [0.5, 0.6) is 0 Å². The van der Waals surface area contributed by atoms with Gasteiger partial charge in [-0.1, -0.05) is 0 Å². The van der Waals surface area contributed by atoms with Gasteiger partial charge in [0.05, 0.1) is 19.3 Å². The number of rotatable bonds is 5. The van der Waals surface area contributed by atoms with Crippen LogP contribution in [-0.2, 0) is 23.1 Å². The van der Waals surface area contributed by atoms with Crippen molar-refractivity contribution in [1.82, 2.24) is 24.6 Å². The summed E-state index contributed by atoms with van der Waals surface area (Å²) in [4.78, 5) is 20.6. The van der Waals surface area contributed by atoms with Gasteiger partial charge in [-0.05, 0) is 0 Å². The maximum Gasteiger partial charge on any atom is 0.236 e. The molecule has 1 aliphatic rings. The summed E-state index contributed by atoms with van der Waals surface area (Å²) in [7, 11) is 3.70. The number of hydrogen-bond acceptors (Lipinski definition) is 6. The SMILES string of the molecule is CN(Cc1cnn(C)c1)C(=O)CN1CCOC(c2nccs2)C1. The highest BCUT2D eigenvalue weighted by Crippen LogP contribution is 2.23. The van der Waals surface area contributed by atoms with Crippen molar-refractivity contribution < 1.29 is 9.53 Å². The van der Waals surface area contributed by atoms with E-state index in [9.17, 15) is 4.79 Å². The number of likely N-dealkylation sites (N-methyl/N-ethyl adjacent to an activating group) is 1. The predicted molar refractivity (Wildman–Crippen MR) is 86.9 cm³/mol. The average Bonchev–Trinajstić information content (AvgIpc) is 3.19. The maximum atomic E-state index is 12.4. The Hall–Kier alpha value is -1.77. The number of carbonyl (C=O) groups excluding carboxylic acids is 1. The van der Waals surface area contributed by atoms with Crippen molar-refractivity contribution in [2.24, 2.45) is 7.05 Å². The molecule has 1 amide bonds. The van der Waals surface area contributed by atoms with Crippen molar-refractivity contribution in [3.05, 3.63) is 34.5 Å². The van der Waals surface area contributed by atoms with E-state index in [1.807, 2.05) is 25.7 Å². The van der Waals surface area contributed by atoms with Gasteiger partial charge in [-0.25, -0.2) is 4.98 Å². The molecule has 0 radical (unpaired) electrons. The fourth-order valence-electron chi connectivity index (χ4n) is 2.62. The second-order valence-electron chi connectivity index (χ2n) is 5.74. The van der Waals surface area contributed by atoms with Gasteiger partial charge < -0.3 is 9.64 Å². The molecule has 0 aliphatic carbocycles. The fraction of sp³-hybridized carbons (Fsp3) is 0.533. The number of morpholine rings is 1. The summed E-state index contributed by atoms with van der Waals surface area (Å²) < 4.78 is 7.51. The van der Waals surface area contributed by atoms with Crippen LogP contribution in [0.2, 0.25) is 0 Å².